The highest BCUT2D eigenvalue weighted by atomic mass is 79.9. The van der Waals surface area contributed by atoms with Gasteiger partial charge in [-0.1, -0.05) is 62.2 Å². The van der Waals surface area contributed by atoms with Crippen LogP contribution in [0, 0.1) is 0 Å². The number of nitrogens with zero attached hydrogens (tertiary/aromatic N) is 2. The maximum atomic E-state index is 5.13. The Morgan fingerprint density at radius 2 is 1.22 bits per heavy atom. The van der Waals surface area contributed by atoms with Crippen molar-refractivity contribution in [3.8, 4) is 0 Å². The molecule has 0 aliphatic rings. The van der Waals surface area contributed by atoms with Crippen LogP contribution in [0.3, 0.4) is 0 Å². The van der Waals surface area contributed by atoms with Crippen molar-refractivity contribution in [1.29, 1.82) is 0 Å². The Hall–Kier alpha value is -2.08. The minimum absolute atomic E-state index is 0.952. The molecule has 0 bridgehead atoms. The number of hydrogen-bond donors (Lipinski definition) is 0. The van der Waals surface area contributed by atoms with Crippen LogP contribution in [-0.4, -0.2) is 9.97 Å². The van der Waals surface area contributed by atoms with Crippen LogP contribution in [-0.2, 0) is 0 Å². The van der Waals surface area contributed by atoms with Crippen molar-refractivity contribution in [3.63, 3.8) is 0 Å². The van der Waals surface area contributed by atoms with Crippen molar-refractivity contribution in [2.24, 2.45) is 0 Å². The highest BCUT2D eigenvalue weighted by Crippen LogP contribution is 2.39. The molecule has 0 N–H and O–H groups in total. The smallest absolute Gasteiger partial charge is 0.143 e. The quantitative estimate of drug-likeness (QED) is 0.201. The van der Waals surface area contributed by atoms with E-state index in [9.17, 15) is 0 Å². The zero-order chi connectivity index (χ0) is 18.1. The Kier molecular flexibility index (Phi) is 3.37. The van der Waals surface area contributed by atoms with E-state index in [4.69, 9.17) is 9.97 Å². The molecule has 0 spiro atoms. The molecule has 6 aromatic rings. The van der Waals surface area contributed by atoms with Gasteiger partial charge in [0.25, 0.3) is 0 Å². The Balaban J connectivity index is 1.95. The molecular weight excluding hydrogens is 484 g/mol. The van der Waals surface area contributed by atoms with Gasteiger partial charge in [0.05, 0.1) is 11.0 Å². The summed E-state index contributed by atoms with van der Waals surface area (Å²) in [6.07, 6.45) is 0. The molecule has 5 heteroatoms. The van der Waals surface area contributed by atoms with Gasteiger partial charge in [0, 0.05) is 29.8 Å². The zero-order valence-corrected chi connectivity index (χ0v) is 17.8. The summed E-state index contributed by atoms with van der Waals surface area (Å²) in [7, 11) is 0. The molecule has 2 nitrogen and oxygen atoms in total. The molecule has 2 aromatic heterocycles. The summed E-state index contributed by atoms with van der Waals surface area (Å²) in [5, 5.41) is 5.81. The SMILES string of the molecule is Brc1ccc2c3ccc(Br)cc3c3nc4c(nc3c2c1)sc1ccccc14. The van der Waals surface area contributed by atoms with Crippen molar-refractivity contribution in [2.75, 3.05) is 0 Å². The Labute approximate surface area is 175 Å². The van der Waals surface area contributed by atoms with Gasteiger partial charge in [-0.3, -0.25) is 0 Å². The molecule has 2 heterocycles. The molecule has 0 unspecified atom stereocenters. The van der Waals surface area contributed by atoms with Gasteiger partial charge in [-0.25, -0.2) is 9.97 Å². The van der Waals surface area contributed by atoms with Gasteiger partial charge in [0.2, 0.25) is 0 Å². The molecule has 6 rings (SSSR count). The zero-order valence-electron chi connectivity index (χ0n) is 13.8. The second kappa shape index (κ2) is 5.71. The normalized spacial score (nSPS) is 12.1. The second-order valence-electron chi connectivity index (χ2n) is 6.55. The highest BCUT2D eigenvalue weighted by Gasteiger charge is 2.15. The molecule has 0 fully saturated rings. The number of aromatic nitrogens is 2. The molecule has 0 aliphatic heterocycles. The minimum Gasteiger partial charge on any atom is -0.242 e. The summed E-state index contributed by atoms with van der Waals surface area (Å²) in [5.41, 5.74) is 2.89. The number of thiophene rings is 1. The summed E-state index contributed by atoms with van der Waals surface area (Å²) in [6, 6.07) is 21.2. The van der Waals surface area contributed by atoms with Gasteiger partial charge in [0.1, 0.15) is 10.3 Å². The van der Waals surface area contributed by atoms with Crippen LogP contribution in [0.5, 0.6) is 0 Å². The van der Waals surface area contributed by atoms with Crippen LogP contribution >= 0.6 is 43.2 Å². The Morgan fingerprint density at radius 3 is 1.93 bits per heavy atom. The average molecular weight is 494 g/mol. The van der Waals surface area contributed by atoms with Gasteiger partial charge < -0.3 is 0 Å². The number of fused-ring (bicyclic) bond motifs is 9. The van der Waals surface area contributed by atoms with Crippen molar-refractivity contribution < 1.29 is 0 Å². The van der Waals surface area contributed by atoms with Crippen molar-refractivity contribution in [1.82, 2.24) is 9.97 Å². The van der Waals surface area contributed by atoms with Gasteiger partial charge in [-0.15, -0.1) is 11.3 Å². The predicted molar refractivity (Wildman–Crippen MR) is 123 cm³/mol. The van der Waals surface area contributed by atoms with E-state index in [2.05, 4.69) is 92.5 Å². The first kappa shape index (κ1) is 15.9. The first-order valence-corrected chi connectivity index (χ1v) is 10.9. The number of rotatable bonds is 0. The predicted octanol–water partition coefficient (Wildman–Crippen LogP) is 7.83. The molecule has 0 atom stereocenters. The van der Waals surface area contributed by atoms with Gasteiger partial charge in [-0.05, 0) is 41.1 Å². The standard InChI is InChI=1S/C22H10Br2N2S/c23-11-5-7-13-14-8-6-12(24)10-17(14)20-19(16(13)9-11)25-21-15-3-1-2-4-18(15)27-22(21)26-20/h1-10H. The maximum absolute atomic E-state index is 5.13. The summed E-state index contributed by atoms with van der Waals surface area (Å²) < 4.78 is 3.31. The summed E-state index contributed by atoms with van der Waals surface area (Å²) >= 11 is 8.94. The third-order valence-electron chi connectivity index (χ3n) is 4.98. The summed E-state index contributed by atoms with van der Waals surface area (Å²) in [4.78, 5) is 11.2. The lowest BCUT2D eigenvalue weighted by Gasteiger charge is -2.10. The van der Waals surface area contributed by atoms with Crippen LogP contribution < -0.4 is 0 Å². The van der Waals surface area contributed by atoms with Crippen molar-refractivity contribution in [2.45, 2.75) is 0 Å². The average Bonchev–Trinajstić information content (AvgIpc) is 3.04. The minimum atomic E-state index is 0.952. The van der Waals surface area contributed by atoms with Crippen LogP contribution in [0.25, 0.3) is 53.0 Å². The number of halogens is 2. The molecule has 27 heavy (non-hydrogen) atoms. The molecule has 0 radical (unpaired) electrons. The molecular formula is C22H10Br2N2S. The third-order valence-corrected chi connectivity index (χ3v) is 7.02. The fourth-order valence-electron chi connectivity index (χ4n) is 3.79. The van der Waals surface area contributed by atoms with Gasteiger partial charge in [0.15, 0.2) is 0 Å². The lowest BCUT2D eigenvalue weighted by Crippen LogP contribution is -1.90. The van der Waals surface area contributed by atoms with E-state index in [1.54, 1.807) is 11.3 Å². The third kappa shape index (κ3) is 2.29. The van der Waals surface area contributed by atoms with Gasteiger partial charge in [-0.2, -0.15) is 0 Å². The fourth-order valence-corrected chi connectivity index (χ4v) is 5.53. The first-order valence-electron chi connectivity index (χ1n) is 8.48. The molecule has 0 amide bonds. The van der Waals surface area contributed by atoms with E-state index < -0.39 is 0 Å². The summed E-state index contributed by atoms with van der Waals surface area (Å²) in [6.45, 7) is 0. The topological polar surface area (TPSA) is 25.8 Å². The first-order chi connectivity index (χ1) is 13.2. The van der Waals surface area contributed by atoms with E-state index in [1.807, 2.05) is 0 Å². The van der Waals surface area contributed by atoms with Crippen molar-refractivity contribution in [3.05, 3.63) is 69.6 Å². The Morgan fingerprint density at radius 1 is 0.593 bits per heavy atom. The van der Waals surface area contributed by atoms with E-state index in [1.165, 1.54) is 20.9 Å². The van der Waals surface area contributed by atoms with Gasteiger partial charge >= 0.3 is 0 Å². The van der Waals surface area contributed by atoms with E-state index >= 15 is 0 Å². The monoisotopic (exact) mass is 492 g/mol. The number of benzene rings is 4. The molecule has 4 aromatic carbocycles. The van der Waals surface area contributed by atoms with Crippen LogP contribution in [0.2, 0.25) is 0 Å². The lowest BCUT2D eigenvalue weighted by molar-refractivity contribution is 1.46. The van der Waals surface area contributed by atoms with Crippen molar-refractivity contribution >= 4 is 96.2 Å². The number of hydrogen-bond acceptors (Lipinski definition) is 3. The molecule has 128 valence electrons. The summed E-state index contributed by atoms with van der Waals surface area (Å²) in [5.74, 6) is 0. The van der Waals surface area contributed by atoms with Crippen LogP contribution in [0.15, 0.2) is 69.6 Å². The molecule has 0 saturated carbocycles. The second-order valence-corrected chi connectivity index (χ2v) is 9.41. The van der Waals surface area contributed by atoms with E-state index in [0.717, 1.165) is 41.1 Å². The Bertz CT molecular complexity index is 1550. The van der Waals surface area contributed by atoms with Crippen LogP contribution in [0.1, 0.15) is 0 Å². The fraction of sp³-hybridized carbons (Fsp3) is 0. The molecule has 0 aliphatic carbocycles. The van der Waals surface area contributed by atoms with E-state index in [-0.39, 0.29) is 0 Å². The molecule has 0 saturated heterocycles. The highest BCUT2D eigenvalue weighted by molar-refractivity contribution is 9.10. The lowest BCUT2D eigenvalue weighted by atomic mass is 9.99. The van der Waals surface area contributed by atoms with E-state index in [0.29, 0.717) is 0 Å². The largest absolute Gasteiger partial charge is 0.242 e. The van der Waals surface area contributed by atoms with Crippen LogP contribution in [0.4, 0.5) is 0 Å². The maximum Gasteiger partial charge on any atom is 0.143 e.